The van der Waals surface area contributed by atoms with Gasteiger partial charge in [0.1, 0.15) is 5.69 Å². The van der Waals surface area contributed by atoms with E-state index in [4.69, 9.17) is 0 Å². The van der Waals surface area contributed by atoms with E-state index in [2.05, 4.69) is 39.4 Å². The number of fused-ring (bicyclic) bond motifs is 1. The Labute approximate surface area is 151 Å². The zero-order valence-corrected chi connectivity index (χ0v) is 14.8. The van der Waals surface area contributed by atoms with Crippen LogP contribution in [0.2, 0.25) is 0 Å². The summed E-state index contributed by atoms with van der Waals surface area (Å²) >= 11 is 0. The second-order valence-electron chi connectivity index (χ2n) is 6.76. The summed E-state index contributed by atoms with van der Waals surface area (Å²) in [5.74, 6) is 0.380. The molecule has 2 heterocycles. The maximum Gasteiger partial charge on any atom is 0.274 e. The summed E-state index contributed by atoms with van der Waals surface area (Å²) in [4.78, 5) is 24.3. The van der Waals surface area contributed by atoms with Crippen molar-refractivity contribution in [3.05, 3.63) is 83.2 Å². The van der Waals surface area contributed by atoms with Gasteiger partial charge in [0.2, 0.25) is 0 Å². The van der Waals surface area contributed by atoms with Crippen LogP contribution in [0.1, 0.15) is 25.5 Å². The van der Waals surface area contributed by atoms with E-state index in [0.717, 1.165) is 22.2 Å². The highest BCUT2D eigenvalue weighted by atomic mass is 16.1. The van der Waals surface area contributed by atoms with Crippen molar-refractivity contribution < 1.29 is 0 Å². The molecule has 0 radical (unpaired) electrons. The molecule has 2 aromatic carbocycles. The molecule has 4 rings (SSSR count). The van der Waals surface area contributed by atoms with E-state index in [0.29, 0.717) is 11.6 Å². The Morgan fingerprint density at radius 2 is 1.88 bits per heavy atom. The monoisotopic (exact) mass is 344 g/mol. The quantitative estimate of drug-likeness (QED) is 0.608. The Morgan fingerprint density at radius 1 is 1.08 bits per heavy atom. The van der Waals surface area contributed by atoms with Crippen LogP contribution in [0, 0.1) is 5.92 Å². The zero-order chi connectivity index (χ0) is 18.1. The fourth-order valence-electron chi connectivity index (χ4n) is 3.41. The molecule has 4 aromatic rings. The van der Waals surface area contributed by atoms with Crippen LogP contribution in [-0.4, -0.2) is 19.5 Å². The number of aromatic nitrogens is 4. The molecule has 1 unspecified atom stereocenters. The molecule has 0 aliphatic carbocycles. The van der Waals surface area contributed by atoms with Gasteiger partial charge in [0.15, 0.2) is 0 Å². The van der Waals surface area contributed by atoms with Crippen molar-refractivity contribution in [3.8, 4) is 11.3 Å². The molecule has 0 saturated carbocycles. The first kappa shape index (κ1) is 16.3. The molecule has 0 aliphatic heterocycles. The molecule has 0 spiro atoms. The van der Waals surface area contributed by atoms with Crippen molar-refractivity contribution in [1.82, 2.24) is 19.5 Å². The van der Waals surface area contributed by atoms with Crippen LogP contribution in [0.4, 0.5) is 0 Å². The van der Waals surface area contributed by atoms with Crippen molar-refractivity contribution in [2.75, 3.05) is 0 Å². The smallest absolute Gasteiger partial charge is 0.274 e. The standard InChI is InChI=1S/C21H20N4O/c1-14(2)20(25-11-10-22-13-25)16-8-9-17-18(12-16)24-21(26)19(23-17)15-6-4-3-5-7-15/h3-14,20H,1-2H3,(H,24,26). The molecule has 2 aromatic heterocycles. The van der Waals surface area contributed by atoms with Gasteiger partial charge in [0.25, 0.3) is 5.56 Å². The van der Waals surface area contributed by atoms with E-state index in [1.54, 1.807) is 6.20 Å². The predicted molar refractivity (Wildman–Crippen MR) is 103 cm³/mol. The minimum absolute atomic E-state index is 0.152. The van der Waals surface area contributed by atoms with Crippen LogP contribution in [0.25, 0.3) is 22.3 Å². The van der Waals surface area contributed by atoms with Crippen LogP contribution in [-0.2, 0) is 0 Å². The van der Waals surface area contributed by atoms with Crippen molar-refractivity contribution in [1.29, 1.82) is 0 Å². The molecule has 0 fully saturated rings. The topological polar surface area (TPSA) is 63.6 Å². The van der Waals surface area contributed by atoms with Crippen molar-refractivity contribution in [3.63, 3.8) is 0 Å². The highest BCUT2D eigenvalue weighted by molar-refractivity contribution is 5.77. The van der Waals surface area contributed by atoms with Gasteiger partial charge in [-0.3, -0.25) is 4.79 Å². The molecule has 0 aliphatic rings. The van der Waals surface area contributed by atoms with Crippen LogP contribution >= 0.6 is 0 Å². The van der Waals surface area contributed by atoms with Crippen LogP contribution < -0.4 is 5.56 Å². The molecule has 0 saturated heterocycles. The first-order valence-electron chi connectivity index (χ1n) is 8.70. The lowest BCUT2D eigenvalue weighted by atomic mass is 9.95. The molecule has 5 nitrogen and oxygen atoms in total. The number of imidazole rings is 1. The van der Waals surface area contributed by atoms with E-state index in [9.17, 15) is 4.79 Å². The van der Waals surface area contributed by atoms with Gasteiger partial charge in [0.05, 0.1) is 23.4 Å². The molecule has 1 atom stereocenters. The number of hydrogen-bond acceptors (Lipinski definition) is 3. The van der Waals surface area contributed by atoms with E-state index in [-0.39, 0.29) is 11.6 Å². The second-order valence-corrected chi connectivity index (χ2v) is 6.76. The lowest BCUT2D eigenvalue weighted by Gasteiger charge is -2.23. The molecule has 0 amide bonds. The van der Waals surface area contributed by atoms with Gasteiger partial charge in [-0.1, -0.05) is 50.2 Å². The van der Waals surface area contributed by atoms with Crippen molar-refractivity contribution in [2.24, 2.45) is 5.92 Å². The Bertz CT molecular complexity index is 1080. The molecule has 0 bridgehead atoms. The lowest BCUT2D eigenvalue weighted by Crippen LogP contribution is -2.16. The number of nitrogens with zero attached hydrogens (tertiary/aromatic N) is 3. The van der Waals surface area contributed by atoms with Crippen LogP contribution in [0.3, 0.4) is 0 Å². The summed E-state index contributed by atoms with van der Waals surface area (Å²) in [7, 11) is 0. The fourth-order valence-corrected chi connectivity index (χ4v) is 3.41. The number of benzene rings is 2. The summed E-state index contributed by atoms with van der Waals surface area (Å²) in [5.41, 5.74) is 3.73. The minimum Gasteiger partial charge on any atom is -0.330 e. The third-order valence-corrected chi connectivity index (χ3v) is 4.58. The van der Waals surface area contributed by atoms with Gasteiger partial charge >= 0.3 is 0 Å². The summed E-state index contributed by atoms with van der Waals surface area (Å²) in [6, 6.07) is 15.7. The van der Waals surface area contributed by atoms with Gasteiger partial charge in [0, 0.05) is 18.0 Å². The van der Waals surface area contributed by atoms with E-state index in [1.807, 2.05) is 55.0 Å². The number of aromatic amines is 1. The Morgan fingerprint density at radius 3 is 2.58 bits per heavy atom. The first-order valence-corrected chi connectivity index (χ1v) is 8.70. The summed E-state index contributed by atoms with van der Waals surface area (Å²) in [6.07, 6.45) is 5.58. The summed E-state index contributed by atoms with van der Waals surface area (Å²) < 4.78 is 2.09. The van der Waals surface area contributed by atoms with Crippen LogP contribution in [0.15, 0.2) is 72.0 Å². The first-order chi connectivity index (χ1) is 12.6. The molecular formula is C21H20N4O. The van der Waals surface area contributed by atoms with Gasteiger partial charge in [-0.25, -0.2) is 9.97 Å². The van der Waals surface area contributed by atoms with E-state index in [1.165, 1.54) is 0 Å². The fraction of sp³-hybridized carbons (Fsp3) is 0.190. The molecule has 130 valence electrons. The number of rotatable bonds is 4. The SMILES string of the molecule is CC(C)C(c1ccc2nc(-c3ccccc3)c(=O)[nH]c2c1)n1ccnc1. The normalized spacial score (nSPS) is 12.6. The maximum absolute atomic E-state index is 12.5. The van der Waals surface area contributed by atoms with Gasteiger partial charge in [-0.05, 0) is 23.6 Å². The third-order valence-electron chi connectivity index (χ3n) is 4.58. The van der Waals surface area contributed by atoms with E-state index < -0.39 is 0 Å². The summed E-state index contributed by atoms with van der Waals surface area (Å²) in [5, 5.41) is 0. The molecule has 5 heteroatoms. The number of nitrogens with one attached hydrogen (secondary N) is 1. The summed E-state index contributed by atoms with van der Waals surface area (Å²) in [6.45, 7) is 4.35. The predicted octanol–water partition coefficient (Wildman–Crippen LogP) is 4.03. The maximum atomic E-state index is 12.5. The Balaban J connectivity index is 1.82. The minimum atomic E-state index is -0.176. The Kier molecular flexibility index (Phi) is 4.13. The largest absolute Gasteiger partial charge is 0.330 e. The average molecular weight is 344 g/mol. The van der Waals surface area contributed by atoms with Gasteiger partial charge in [-0.2, -0.15) is 0 Å². The lowest BCUT2D eigenvalue weighted by molar-refractivity contribution is 0.437. The number of H-pyrrole nitrogens is 1. The second kappa shape index (κ2) is 6.59. The average Bonchev–Trinajstić information content (AvgIpc) is 3.15. The van der Waals surface area contributed by atoms with Crippen molar-refractivity contribution >= 4 is 11.0 Å². The Hall–Kier alpha value is -3.21. The highest BCUT2D eigenvalue weighted by Gasteiger charge is 2.18. The van der Waals surface area contributed by atoms with Gasteiger partial charge in [-0.15, -0.1) is 0 Å². The molecule has 1 N–H and O–H groups in total. The van der Waals surface area contributed by atoms with Crippen molar-refractivity contribution in [2.45, 2.75) is 19.9 Å². The van der Waals surface area contributed by atoms with Crippen LogP contribution in [0.5, 0.6) is 0 Å². The number of hydrogen-bond donors (Lipinski definition) is 1. The zero-order valence-electron chi connectivity index (χ0n) is 14.8. The third kappa shape index (κ3) is 2.92. The molecular weight excluding hydrogens is 324 g/mol. The highest BCUT2D eigenvalue weighted by Crippen LogP contribution is 2.28. The molecule has 26 heavy (non-hydrogen) atoms. The van der Waals surface area contributed by atoms with Gasteiger partial charge < -0.3 is 9.55 Å². The van der Waals surface area contributed by atoms with E-state index >= 15 is 0 Å².